The molecule has 0 aliphatic rings. The minimum Gasteiger partial charge on any atom is -0.481 e. The number of aliphatic carboxylic acids is 1. The number of rotatable bonds is 10. The van der Waals surface area contributed by atoms with Crippen LogP contribution in [0, 0.1) is 11.8 Å². The van der Waals surface area contributed by atoms with E-state index in [1.54, 1.807) is 0 Å². The Balaban J connectivity index is 3.55. The average Bonchev–Trinajstić information content (AvgIpc) is 2.26. The third kappa shape index (κ3) is 8.96. The normalized spacial score (nSPS) is 13.4. The Hall–Kier alpha value is -0.790. The van der Waals surface area contributed by atoms with Crippen LogP contribution in [0.4, 0.5) is 0 Å². The molecule has 0 aromatic rings. The smallest absolute Gasteiger partial charge is 0.306 e. The number of allylic oxidation sites excluding steroid dienone is 2. The lowest BCUT2D eigenvalue weighted by Gasteiger charge is -2.15. The van der Waals surface area contributed by atoms with E-state index in [1.165, 1.54) is 19.3 Å². The highest BCUT2D eigenvalue weighted by atomic mass is 16.4. The topological polar surface area (TPSA) is 37.3 Å². The fraction of sp³-hybridized carbons (Fsp3) is 0.800. The van der Waals surface area contributed by atoms with Crippen molar-refractivity contribution in [3.05, 3.63) is 12.2 Å². The number of unbranched alkanes of at least 4 members (excludes halogenated alkanes) is 4. The molecule has 100 valence electrons. The molecule has 1 unspecified atom stereocenters. The third-order valence-electron chi connectivity index (χ3n) is 3.15. The van der Waals surface area contributed by atoms with Crippen LogP contribution in [-0.2, 0) is 4.79 Å². The minimum atomic E-state index is -0.640. The first-order valence-electron chi connectivity index (χ1n) is 6.97. The largest absolute Gasteiger partial charge is 0.481 e. The van der Waals surface area contributed by atoms with Crippen molar-refractivity contribution in [3.8, 4) is 0 Å². The van der Waals surface area contributed by atoms with Crippen LogP contribution in [0.1, 0.15) is 65.7 Å². The summed E-state index contributed by atoms with van der Waals surface area (Å²) in [4.78, 5) is 11.0. The molecule has 0 aromatic heterocycles. The predicted octanol–water partition coefficient (Wildman–Crippen LogP) is 4.65. The van der Waals surface area contributed by atoms with Gasteiger partial charge in [0.05, 0.1) is 5.92 Å². The molecule has 0 spiro atoms. The number of carboxylic acids is 1. The highest BCUT2D eigenvalue weighted by Gasteiger charge is 2.20. The van der Waals surface area contributed by atoms with E-state index in [-0.39, 0.29) is 11.8 Å². The first-order chi connectivity index (χ1) is 8.09. The van der Waals surface area contributed by atoms with Gasteiger partial charge >= 0.3 is 5.97 Å². The van der Waals surface area contributed by atoms with Crippen LogP contribution in [0.2, 0.25) is 0 Å². The van der Waals surface area contributed by atoms with Crippen molar-refractivity contribution in [1.29, 1.82) is 0 Å². The van der Waals surface area contributed by atoms with Crippen molar-refractivity contribution in [3.63, 3.8) is 0 Å². The van der Waals surface area contributed by atoms with Gasteiger partial charge in [-0.2, -0.15) is 0 Å². The third-order valence-corrected chi connectivity index (χ3v) is 3.15. The first kappa shape index (κ1) is 16.2. The lowest BCUT2D eigenvalue weighted by molar-refractivity contribution is -0.143. The summed E-state index contributed by atoms with van der Waals surface area (Å²) < 4.78 is 0. The quantitative estimate of drug-likeness (QED) is 0.446. The van der Waals surface area contributed by atoms with Crippen LogP contribution in [0.3, 0.4) is 0 Å². The number of carbonyl (C=O) groups is 1. The minimum absolute atomic E-state index is 0.168. The number of hydrogen-bond donors (Lipinski definition) is 1. The molecule has 1 atom stereocenters. The van der Waals surface area contributed by atoms with Crippen LogP contribution in [0.25, 0.3) is 0 Å². The van der Waals surface area contributed by atoms with Gasteiger partial charge in [0, 0.05) is 0 Å². The number of hydrogen-bond acceptors (Lipinski definition) is 1. The van der Waals surface area contributed by atoms with Gasteiger partial charge in [0.2, 0.25) is 0 Å². The van der Waals surface area contributed by atoms with Gasteiger partial charge in [-0.1, -0.05) is 52.2 Å². The van der Waals surface area contributed by atoms with Crippen LogP contribution in [-0.4, -0.2) is 11.1 Å². The molecule has 0 aromatic carbocycles. The van der Waals surface area contributed by atoms with Crippen LogP contribution < -0.4 is 0 Å². The summed E-state index contributed by atoms with van der Waals surface area (Å²) in [5, 5.41) is 9.03. The van der Waals surface area contributed by atoms with E-state index in [0.717, 1.165) is 25.7 Å². The fourth-order valence-corrected chi connectivity index (χ4v) is 1.93. The summed E-state index contributed by atoms with van der Waals surface area (Å²) in [5.41, 5.74) is 0. The van der Waals surface area contributed by atoms with Crippen LogP contribution in [0.15, 0.2) is 12.2 Å². The fourth-order valence-electron chi connectivity index (χ4n) is 1.93. The Labute approximate surface area is 106 Å². The standard InChI is InChI=1S/C15H28O2/c1-4-5-6-7-8-9-10-11-12-14(13(2)3)15(16)17/h7-8,13-14H,4-6,9-12H2,1-3H3,(H,16,17)/b8-7-. The average molecular weight is 240 g/mol. The highest BCUT2D eigenvalue weighted by molar-refractivity contribution is 5.70. The van der Waals surface area contributed by atoms with E-state index in [0.29, 0.717) is 0 Å². The first-order valence-corrected chi connectivity index (χ1v) is 6.97. The Morgan fingerprint density at radius 3 is 2.18 bits per heavy atom. The zero-order valence-electron chi connectivity index (χ0n) is 11.6. The molecule has 17 heavy (non-hydrogen) atoms. The monoisotopic (exact) mass is 240 g/mol. The van der Waals surface area contributed by atoms with Gasteiger partial charge in [0.1, 0.15) is 0 Å². The van der Waals surface area contributed by atoms with E-state index in [4.69, 9.17) is 5.11 Å². The summed E-state index contributed by atoms with van der Waals surface area (Å²) in [5.74, 6) is -0.565. The molecule has 0 bridgehead atoms. The Morgan fingerprint density at radius 2 is 1.71 bits per heavy atom. The molecule has 0 aliphatic heterocycles. The van der Waals surface area contributed by atoms with Gasteiger partial charge in [-0.05, 0) is 31.6 Å². The maximum Gasteiger partial charge on any atom is 0.306 e. The molecular formula is C15H28O2. The van der Waals surface area contributed by atoms with Gasteiger partial charge in [-0.25, -0.2) is 0 Å². The zero-order chi connectivity index (χ0) is 13.1. The van der Waals surface area contributed by atoms with Gasteiger partial charge < -0.3 is 5.11 Å². The lowest BCUT2D eigenvalue weighted by atomic mass is 9.90. The van der Waals surface area contributed by atoms with Crippen LogP contribution in [0.5, 0.6) is 0 Å². The van der Waals surface area contributed by atoms with E-state index < -0.39 is 5.97 Å². The second-order valence-electron chi connectivity index (χ2n) is 5.09. The SMILES string of the molecule is CCCC/C=C\CCCCC(C(=O)O)C(C)C. The Morgan fingerprint density at radius 1 is 1.12 bits per heavy atom. The lowest BCUT2D eigenvalue weighted by Crippen LogP contribution is -2.19. The zero-order valence-corrected chi connectivity index (χ0v) is 11.6. The molecule has 0 aliphatic carbocycles. The maximum absolute atomic E-state index is 11.0. The van der Waals surface area contributed by atoms with E-state index in [2.05, 4.69) is 19.1 Å². The molecule has 0 rings (SSSR count). The van der Waals surface area contributed by atoms with E-state index in [9.17, 15) is 4.79 Å². The molecule has 0 saturated heterocycles. The van der Waals surface area contributed by atoms with Gasteiger partial charge in [-0.3, -0.25) is 4.79 Å². The van der Waals surface area contributed by atoms with Crippen molar-refractivity contribution < 1.29 is 9.90 Å². The maximum atomic E-state index is 11.0. The Kier molecular flexibility index (Phi) is 9.89. The summed E-state index contributed by atoms with van der Waals surface area (Å²) in [6, 6.07) is 0. The summed E-state index contributed by atoms with van der Waals surface area (Å²) in [7, 11) is 0. The van der Waals surface area contributed by atoms with Crippen LogP contribution >= 0.6 is 0 Å². The molecule has 2 heteroatoms. The molecule has 0 saturated carbocycles. The van der Waals surface area contributed by atoms with Gasteiger partial charge in [0.15, 0.2) is 0 Å². The van der Waals surface area contributed by atoms with E-state index >= 15 is 0 Å². The molecular weight excluding hydrogens is 212 g/mol. The van der Waals surface area contributed by atoms with Crippen molar-refractivity contribution in [2.24, 2.45) is 11.8 Å². The summed E-state index contributed by atoms with van der Waals surface area (Å²) in [6.45, 7) is 6.18. The van der Waals surface area contributed by atoms with Crippen molar-refractivity contribution in [1.82, 2.24) is 0 Å². The van der Waals surface area contributed by atoms with Crippen molar-refractivity contribution in [2.75, 3.05) is 0 Å². The number of carboxylic acid groups (broad SMARTS) is 1. The second kappa shape index (κ2) is 10.4. The second-order valence-corrected chi connectivity index (χ2v) is 5.09. The van der Waals surface area contributed by atoms with Crippen molar-refractivity contribution in [2.45, 2.75) is 65.7 Å². The van der Waals surface area contributed by atoms with Crippen molar-refractivity contribution >= 4 is 5.97 Å². The predicted molar refractivity (Wildman–Crippen MR) is 73.1 cm³/mol. The Bertz CT molecular complexity index is 219. The van der Waals surface area contributed by atoms with Gasteiger partial charge in [0.25, 0.3) is 0 Å². The molecule has 0 heterocycles. The molecule has 1 N–H and O–H groups in total. The summed E-state index contributed by atoms with van der Waals surface area (Å²) >= 11 is 0. The molecule has 0 radical (unpaired) electrons. The van der Waals surface area contributed by atoms with E-state index in [1.807, 2.05) is 13.8 Å². The summed E-state index contributed by atoms with van der Waals surface area (Å²) in [6.07, 6.45) is 12.2. The molecule has 0 amide bonds. The van der Waals surface area contributed by atoms with Gasteiger partial charge in [-0.15, -0.1) is 0 Å². The highest BCUT2D eigenvalue weighted by Crippen LogP contribution is 2.19. The molecule has 2 nitrogen and oxygen atoms in total. The molecule has 0 fully saturated rings.